The Bertz CT molecular complexity index is 1150. The maximum Gasteiger partial charge on any atom is 0.264 e. The molecule has 162 valence electrons. The molecule has 0 saturated heterocycles. The summed E-state index contributed by atoms with van der Waals surface area (Å²) in [5, 5.41) is 3.15. The van der Waals surface area contributed by atoms with Crippen LogP contribution in [0.25, 0.3) is 0 Å². The monoisotopic (exact) mass is 460 g/mol. The van der Waals surface area contributed by atoms with Crippen LogP contribution in [0.15, 0.2) is 77.7 Å². The van der Waals surface area contributed by atoms with Crippen LogP contribution in [0, 0.1) is 12.7 Å². The molecular weight excluding hydrogens is 439 g/mol. The maximum atomic E-state index is 13.3. The lowest BCUT2D eigenvalue weighted by Gasteiger charge is -2.25. The lowest BCUT2D eigenvalue weighted by molar-refractivity contribution is -0.119. The van der Waals surface area contributed by atoms with Gasteiger partial charge < -0.3 is 5.32 Å². The van der Waals surface area contributed by atoms with E-state index in [2.05, 4.69) is 5.32 Å². The first-order valence-corrected chi connectivity index (χ1v) is 11.4. The van der Waals surface area contributed by atoms with Gasteiger partial charge in [-0.1, -0.05) is 41.9 Å². The fourth-order valence-electron chi connectivity index (χ4n) is 3.06. The van der Waals surface area contributed by atoms with Gasteiger partial charge in [0.15, 0.2) is 0 Å². The number of sulfonamides is 1. The van der Waals surface area contributed by atoms with E-state index in [4.69, 9.17) is 11.6 Å². The van der Waals surface area contributed by atoms with E-state index in [-0.39, 0.29) is 17.3 Å². The Labute approximate surface area is 186 Å². The Balaban J connectivity index is 1.78. The highest BCUT2D eigenvalue weighted by Crippen LogP contribution is 2.27. The Hall–Kier alpha value is -2.90. The van der Waals surface area contributed by atoms with Crippen LogP contribution in [-0.2, 0) is 21.2 Å². The Kier molecular flexibility index (Phi) is 7.30. The molecule has 3 aromatic rings. The first-order valence-electron chi connectivity index (χ1n) is 9.62. The van der Waals surface area contributed by atoms with Crippen LogP contribution in [0.4, 0.5) is 10.1 Å². The van der Waals surface area contributed by atoms with Gasteiger partial charge in [-0.3, -0.25) is 9.10 Å². The minimum atomic E-state index is -4.00. The zero-order chi connectivity index (χ0) is 22.4. The third kappa shape index (κ3) is 5.83. The van der Waals surface area contributed by atoms with Gasteiger partial charge in [-0.25, -0.2) is 12.8 Å². The number of halogens is 2. The minimum Gasteiger partial charge on any atom is -0.354 e. The smallest absolute Gasteiger partial charge is 0.264 e. The van der Waals surface area contributed by atoms with Crippen LogP contribution < -0.4 is 9.62 Å². The third-order valence-corrected chi connectivity index (χ3v) is 6.75. The van der Waals surface area contributed by atoms with E-state index in [9.17, 15) is 17.6 Å². The molecule has 0 bridgehead atoms. The summed E-state index contributed by atoms with van der Waals surface area (Å²) in [4.78, 5) is 12.7. The molecule has 1 N–H and O–H groups in total. The number of carbonyl (C=O) groups excluding carboxylic acids is 1. The highest BCUT2D eigenvalue weighted by atomic mass is 35.5. The molecule has 0 aliphatic rings. The molecule has 0 aromatic heterocycles. The molecular formula is C23H22ClFN2O3S. The van der Waals surface area contributed by atoms with Gasteiger partial charge in [-0.05, 0) is 66.9 Å². The van der Waals surface area contributed by atoms with Gasteiger partial charge in [0.1, 0.15) is 12.4 Å². The molecule has 0 heterocycles. The summed E-state index contributed by atoms with van der Waals surface area (Å²) in [5.74, 6) is -0.767. The molecule has 0 unspecified atom stereocenters. The van der Waals surface area contributed by atoms with Gasteiger partial charge >= 0.3 is 0 Å². The second-order valence-corrected chi connectivity index (χ2v) is 9.28. The van der Waals surface area contributed by atoms with Gasteiger partial charge in [0.05, 0.1) is 10.6 Å². The zero-order valence-corrected chi connectivity index (χ0v) is 18.5. The summed E-state index contributed by atoms with van der Waals surface area (Å²) in [5.41, 5.74) is 2.01. The Morgan fingerprint density at radius 2 is 1.65 bits per heavy atom. The summed E-state index contributed by atoms with van der Waals surface area (Å²) in [6.45, 7) is 1.71. The first kappa shape index (κ1) is 22.8. The van der Waals surface area contributed by atoms with E-state index < -0.39 is 15.9 Å². The van der Waals surface area contributed by atoms with Gasteiger partial charge in [-0.2, -0.15) is 0 Å². The van der Waals surface area contributed by atoms with E-state index in [1.165, 1.54) is 36.4 Å². The number of benzene rings is 3. The molecule has 5 nitrogen and oxygen atoms in total. The molecule has 0 fully saturated rings. The number of nitrogens with one attached hydrogen (secondary N) is 1. The number of hydrogen-bond donors (Lipinski definition) is 1. The number of rotatable bonds is 8. The fraction of sp³-hybridized carbons (Fsp3) is 0.174. The lowest BCUT2D eigenvalue weighted by Crippen LogP contribution is -2.41. The first-order chi connectivity index (χ1) is 14.8. The molecule has 0 spiro atoms. The van der Waals surface area contributed by atoms with Crippen LogP contribution in [0.1, 0.15) is 11.1 Å². The fourth-order valence-corrected chi connectivity index (χ4v) is 4.67. The minimum absolute atomic E-state index is 0.0410. The molecule has 0 radical (unpaired) electrons. The van der Waals surface area contributed by atoms with E-state index in [0.717, 1.165) is 15.4 Å². The second kappa shape index (κ2) is 9.94. The van der Waals surface area contributed by atoms with Crippen molar-refractivity contribution >= 4 is 33.2 Å². The van der Waals surface area contributed by atoms with Crippen LogP contribution >= 0.6 is 11.6 Å². The van der Waals surface area contributed by atoms with Crippen molar-refractivity contribution < 1.29 is 17.6 Å². The van der Waals surface area contributed by atoms with Crippen LogP contribution in [0.2, 0.25) is 5.02 Å². The average molecular weight is 461 g/mol. The third-order valence-electron chi connectivity index (χ3n) is 4.72. The highest BCUT2D eigenvalue weighted by Gasteiger charge is 2.28. The summed E-state index contributed by atoms with van der Waals surface area (Å²) >= 11 is 5.89. The van der Waals surface area contributed by atoms with Crippen molar-refractivity contribution in [1.82, 2.24) is 5.32 Å². The highest BCUT2D eigenvalue weighted by molar-refractivity contribution is 7.92. The summed E-state index contributed by atoms with van der Waals surface area (Å²) in [6, 6.07) is 18.8. The number of para-hydroxylation sites is 1. The molecule has 31 heavy (non-hydrogen) atoms. The number of nitrogens with zero attached hydrogens (tertiary/aromatic N) is 1. The predicted molar refractivity (Wildman–Crippen MR) is 120 cm³/mol. The summed E-state index contributed by atoms with van der Waals surface area (Å²) in [7, 11) is -4.00. The van der Waals surface area contributed by atoms with E-state index in [0.29, 0.717) is 23.7 Å². The molecule has 0 saturated carbocycles. The van der Waals surface area contributed by atoms with E-state index in [1.807, 2.05) is 0 Å². The van der Waals surface area contributed by atoms with E-state index in [1.54, 1.807) is 43.3 Å². The Morgan fingerprint density at radius 3 is 2.29 bits per heavy atom. The largest absolute Gasteiger partial charge is 0.354 e. The Morgan fingerprint density at radius 1 is 1.00 bits per heavy atom. The van der Waals surface area contributed by atoms with Crippen LogP contribution in [0.3, 0.4) is 0 Å². The maximum absolute atomic E-state index is 13.3. The molecule has 0 aliphatic heterocycles. The number of hydrogen-bond acceptors (Lipinski definition) is 3. The van der Waals surface area contributed by atoms with Gasteiger partial charge in [0.2, 0.25) is 5.91 Å². The predicted octanol–water partition coefficient (Wildman–Crippen LogP) is 4.34. The van der Waals surface area contributed by atoms with Gasteiger partial charge in [0.25, 0.3) is 10.0 Å². The van der Waals surface area contributed by atoms with Crippen molar-refractivity contribution in [3.8, 4) is 0 Å². The van der Waals surface area contributed by atoms with Crippen LogP contribution in [-0.4, -0.2) is 27.4 Å². The van der Waals surface area contributed by atoms with Crippen molar-refractivity contribution in [2.24, 2.45) is 0 Å². The topological polar surface area (TPSA) is 66.5 Å². The average Bonchev–Trinajstić information content (AvgIpc) is 2.74. The van der Waals surface area contributed by atoms with Gasteiger partial charge in [-0.15, -0.1) is 0 Å². The summed E-state index contributed by atoms with van der Waals surface area (Å²) < 4.78 is 40.8. The van der Waals surface area contributed by atoms with Crippen molar-refractivity contribution in [1.29, 1.82) is 0 Å². The van der Waals surface area contributed by atoms with Crippen molar-refractivity contribution in [3.63, 3.8) is 0 Å². The number of aryl methyl sites for hydroxylation is 1. The normalized spacial score (nSPS) is 11.2. The quantitative estimate of drug-likeness (QED) is 0.543. The second-order valence-electron chi connectivity index (χ2n) is 6.98. The molecule has 3 aromatic carbocycles. The summed E-state index contributed by atoms with van der Waals surface area (Å²) in [6.07, 6.45) is 0.500. The molecule has 3 rings (SSSR count). The number of carbonyl (C=O) groups is 1. The zero-order valence-electron chi connectivity index (χ0n) is 16.9. The number of amides is 1. The van der Waals surface area contributed by atoms with Crippen LogP contribution in [0.5, 0.6) is 0 Å². The molecule has 0 atom stereocenters. The molecule has 1 amide bonds. The molecule has 0 aliphatic carbocycles. The van der Waals surface area contributed by atoms with Crippen molar-refractivity contribution in [2.45, 2.75) is 18.2 Å². The van der Waals surface area contributed by atoms with Crippen molar-refractivity contribution in [2.75, 3.05) is 17.4 Å². The van der Waals surface area contributed by atoms with Crippen molar-refractivity contribution in [3.05, 3.63) is 94.8 Å². The number of anilines is 1. The van der Waals surface area contributed by atoms with Gasteiger partial charge in [0, 0.05) is 11.6 Å². The SMILES string of the molecule is Cc1ccccc1N(CC(=O)NCCc1ccc(F)cc1)S(=O)(=O)c1ccc(Cl)cc1. The molecule has 8 heteroatoms. The van der Waals surface area contributed by atoms with E-state index >= 15 is 0 Å². The lowest BCUT2D eigenvalue weighted by atomic mass is 10.1. The standard InChI is InChI=1S/C23H22ClFN2O3S/c1-17-4-2-3-5-22(17)27(31(29,30)21-12-8-19(24)9-13-21)16-23(28)26-15-14-18-6-10-20(25)11-7-18/h2-13H,14-16H2,1H3,(H,26,28).